The van der Waals surface area contributed by atoms with Crippen LogP contribution in [0.3, 0.4) is 0 Å². The summed E-state index contributed by atoms with van der Waals surface area (Å²) in [7, 11) is 0. The van der Waals surface area contributed by atoms with Gasteiger partial charge in [-0.2, -0.15) is 8.78 Å². The number of thioether (sulfide) groups is 2. The molecule has 0 spiro atoms. The molecule has 27 heavy (non-hydrogen) atoms. The van der Waals surface area contributed by atoms with Crippen LogP contribution in [-0.2, 0) is 20.1 Å². The van der Waals surface area contributed by atoms with E-state index in [2.05, 4.69) is 10.5 Å². The number of carbonyl (C=O) groups excluding carboxylic acids is 2. The van der Waals surface area contributed by atoms with Crippen molar-refractivity contribution in [2.24, 2.45) is 0 Å². The van der Waals surface area contributed by atoms with Crippen LogP contribution < -0.4 is 5.32 Å². The zero-order chi connectivity index (χ0) is 19.8. The zero-order valence-electron chi connectivity index (χ0n) is 14.7. The van der Waals surface area contributed by atoms with Gasteiger partial charge in [-0.25, -0.2) is 0 Å². The van der Waals surface area contributed by atoms with Crippen LogP contribution in [0.25, 0.3) is 0 Å². The second-order valence-electron chi connectivity index (χ2n) is 5.41. The lowest BCUT2D eigenvalue weighted by Crippen LogP contribution is -2.21. The number of amides is 1. The topological polar surface area (TPSA) is 81.4 Å². The Kier molecular flexibility index (Phi) is 8.11. The van der Waals surface area contributed by atoms with Crippen molar-refractivity contribution in [2.45, 2.75) is 30.3 Å². The quantitative estimate of drug-likeness (QED) is 0.488. The number of alkyl halides is 2. The van der Waals surface area contributed by atoms with E-state index in [9.17, 15) is 18.4 Å². The largest absolute Gasteiger partial charge is 0.455 e. The SMILES string of the molecule is Cc1noc(C)c1CSCC(=O)OCC(=O)Nc1ccc(SC(F)F)cc1. The highest BCUT2D eigenvalue weighted by Crippen LogP contribution is 2.26. The summed E-state index contributed by atoms with van der Waals surface area (Å²) in [6, 6.07) is 5.96. The van der Waals surface area contributed by atoms with Gasteiger partial charge in [0.25, 0.3) is 11.7 Å². The first-order valence-corrected chi connectivity index (χ1v) is 9.88. The molecule has 2 rings (SSSR count). The Hall–Kier alpha value is -2.07. The molecule has 1 aromatic heterocycles. The third kappa shape index (κ3) is 7.22. The number of hydrogen-bond donors (Lipinski definition) is 1. The van der Waals surface area contributed by atoms with E-state index in [1.807, 2.05) is 6.92 Å². The summed E-state index contributed by atoms with van der Waals surface area (Å²) in [5.41, 5.74) is 2.16. The highest BCUT2D eigenvalue weighted by molar-refractivity contribution is 7.99. The van der Waals surface area contributed by atoms with Crippen molar-refractivity contribution >= 4 is 41.1 Å². The Morgan fingerprint density at radius 3 is 2.56 bits per heavy atom. The van der Waals surface area contributed by atoms with Crippen molar-refractivity contribution in [3.05, 3.63) is 41.3 Å². The lowest BCUT2D eigenvalue weighted by atomic mass is 10.2. The van der Waals surface area contributed by atoms with Crippen LogP contribution in [0.4, 0.5) is 14.5 Å². The molecule has 2 aromatic rings. The Balaban J connectivity index is 1.68. The maximum absolute atomic E-state index is 12.3. The lowest BCUT2D eigenvalue weighted by Gasteiger charge is -2.07. The van der Waals surface area contributed by atoms with E-state index < -0.39 is 24.2 Å². The van der Waals surface area contributed by atoms with E-state index >= 15 is 0 Å². The Bertz CT molecular complexity index is 762. The first-order chi connectivity index (χ1) is 12.8. The van der Waals surface area contributed by atoms with E-state index in [4.69, 9.17) is 9.26 Å². The molecule has 0 saturated heterocycles. The fourth-order valence-electron chi connectivity index (χ4n) is 2.05. The van der Waals surface area contributed by atoms with Crippen molar-refractivity contribution in [3.8, 4) is 0 Å². The van der Waals surface area contributed by atoms with Gasteiger partial charge in [-0.15, -0.1) is 11.8 Å². The summed E-state index contributed by atoms with van der Waals surface area (Å²) in [4.78, 5) is 23.9. The highest BCUT2D eigenvalue weighted by Gasteiger charge is 2.12. The summed E-state index contributed by atoms with van der Waals surface area (Å²) in [5.74, 6) is -2.15. The minimum Gasteiger partial charge on any atom is -0.455 e. The molecule has 146 valence electrons. The predicted octanol–water partition coefficient (Wildman–Crippen LogP) is 4.02. The molecule has 0 unspecified atom stereocenters. The molecular formula is C17H18F2N2O4S2. The van der Waals surface area contributed by atoms with Gasteiger partial charge in [-0.1, -0.05) is 16.9 Å². The van der Waals surface area contributed by atoms with Gasteiger partial charge >= 0.3 is 5.97 Å². The average molecular weight is 416 g/mol. The van der Waals surface area contributed by atoms with Crippen molar-refractivity contribution < 1.29 is 27.6 Å². The maximum atomic E-state index is 12.3. The number of hydrogen-bond acceptors (Lipinski definition) is 7. The van der Waals surface area contributed by atoms with E-state index in [0.29, 0.717) is 33.9 Å². The molecule has 0 saturated carbocycles. The van der Waals surface area contributed by atoms with Gasteiger partial charge in [0.15, 0.2) is 6.61 Å². The fraction of sp³-hybridized carbons (Fsp3) is 0.353. The molecule has 0 aliphatic carbocycles. The van der Waals surface area contributed by atoms with Crippen LogP contribution in [0, 0.1) is 13.8 Å². The first kappa shape index (κ1) is 21.2. The minimum atomic E-state index is -2.50. The maximum Gasteiger partial charge on any atom is 0.316 e. The minimum absolute atomic E-state index is 0.0941. The van der Waals surface area contributed by atoms with Gasteiger partial charge in [0.2, 0.25) is 0 Å². The molecule has 6 nitrogen and oxygen atoms in total. The Labute approximate surface area is 163 Å². The molecule has 1 amide bonds. The van der Waals surface area contributed by atoms with Gasteiger partial charge in [0.1, 0.15) is 5.76 Å². The summed E-state index contributed by atoms with van der Waals surface area (Å²) in [6.07, 6.45) is 0. The van der Waals surface area contributed by atoms with Crippen LogP contribution in [0.15, 0.2) is 33.7 Å². The third-order valence-corrected chi connectivity index (χ3v) is 5.03. The number of rotatable bonds is 9. The molecule has 0 aliphatic heterocycles. The summed E-state index contributed by atoms with van der Waals surface area (Å²) < 4.78 is 34.5. The van der Waals surface area contributed by atoms with Crippen molar-refractivity contribution in [2.75, 3.05) is 17.7 Å². The number of esters is 1. The smallest absolute Gasteiger partial charge is 0.316 e. The molecule has 1 aromatic carbocycles. The van der Waals surface area contributed by atoms with Crippen LogP contribution in [0.5, 0.6) is 0 Å². The highest BCUT2D eigenvalue weighted by atomic mass is 32.2. The number of nitrogens with one attached hydrogen (secondary N) is 1. The van der Waals surface area contributed by atoms with Gasteiger partial charge in [-0.05, 0) is 38.1 Å². The number of anilines is 1. The monoisotopic (exact) mass is 416 g/mol. The number of ether oxygens (including phenoxy) is 1. The Morgan fingerprint density at radius 2 is 1.96 bits per heavy atom. The van der Waals surface area contributed by atoms with E-state index in [0.717, 1.165) is 11.3 Å². The van der Waals surface area contributed by atoms with Crippen LogP contribution in [0.2, 0.25) is 0 Å². The normalized spacial score (nSPS) is 10.9. The number of carbonyl (C=O) groups is 2. The van der Waals surface area contributed by atoms with E-state index in [1.54, 1.807) is 6.92 Å². The number of aryl methyl sites for hydroxylation is 2. The van der Waals surface area contributed by atoms with Crippen molar-refractivity contribution in [1.29, 1.82) is 0 Å². The lowest BCUT2D eigenvalue weighted by molar-refractivity contribution is -0.144. The average Bonchev–Trinajstić information content (AvgIpc) is 2.93. The summed E-state index contributed by atoms with van der Waals surface area (Å²) >= 11 is 1.76. The van der Waals surface area contributed by atoms with Crippen molar-refractivity contribution in [3.63, 3.8) is 0 Å². The van der Waals surface area contributed by atoms with Gasteiger partial charge < -0.3 is 14.6 Å². The number of halogens is 2. The molecule has 0 aliphatic rings. The number of nitrogens with zero attached hydrogens (tertiary/aromatic N) is 1. The molecular weight excluding hydrogens is 398 g/mol. The number of aromatic nitrogens is 1. The van der Waals surface area contributed by atoms with Gasteiger partial charge in [-0.3, -0.25) is 9.59 Å². The predicted molar refractivity (Wildman–Crippen MR) is 100 cm³/mol. The van der Waals surface area contributed by atoms with Gasteiger partial charge in [0, 0.05) is 21.9 Å². The zero-order valence-corrected chi connectivity index (χ0v) is 16.3. The van der Waals surface area contributed by atoms with Crippen LogP contribution in [0.1, 0.15) is 17.0 Å². The Morgan fingerprint density at radius 1 is 1.26 bits per heavy atom. The molecule has 10 heteroatoms. The first-order valence-electron chi connectivity index (χ1n) is 7.85. The number of benzene rings is 1. The molecule has 0 radical (unpaired) electrons. The van der Waals surface area contributed by atoms with Gasteiger partial charge in [0.05, 0.1) is 11.4 Å². The molecule has 0 atom stereocenters. The molecule has 1 heterocycles. The van der Waals surface area contributed by atoms with Crippen molar-refractivity contribution in [1.82, 2.24) is 5.16 Å². The van der Waals surface area contributed by atoms with E-state index in [1.165, 1.54) is 36.0 Å². The second-order valence-corrected chi connectivity index (χ2v) is 7.46. The fourth-order valence-corrected chi connectivity index (χ4v) is 3.52. The molecule has 0 fully saturated rings. The molecule has 1 N–H and O–H groups in total. The summed E-state index contributed by atoms with van der Waals surface area (Å²) in [5, 5.41) is 6.37. The van der Waals surface area contributed by atoms with Crippen LogP contribution >= 0.6 is 23.5 Å². The summed E-state index contributed by atoms with van der Waals surface area (Å²) in [6.45, 7) is 3.21. The van der Waals surface area contributed by atoms with Crippen LogP contribution in [-0.4, -0.2) is 35.2 Å². The standard InChI is InChI=1S/C17H18F2N2O4S2/c1-10-14(11(2)25-21-10)8-26-9-16(23)24-7-15(22)20-12-3-5-13(6-4-12)27-17(18)19/h3-6,17H,7-9H2,1-2H3,(H,20,22). The second kappa shape index (κ2) is 10.3. The third-order valence-electron chi connectivity index (χ3n) is 3.38. The molecule has 0 bridgehead atoms. The van der Waals surface area contributed by atoms with E-state index in [-0.39, 0.29) is 5.75 Å².